The minimum atomic E-state index is -0.303. The van der Waals surface area contributed by atoms with Crippen molar-refractivity contribution in [1.82, 2.24) is 14.7 Å². The summed E-state index contributed by atoms with van der Waals surface area (Å²) >= 11 is 0. The maximum atomic E-state index is 11.6. The Balaban J connectivity index is 2.94. The molecule has 0 aromatic carbocycles. The van der Waals surface area contributed by atoms with E-state index in [0.717, 1.165) is 5.69 Å². The maximum Gasteiger partial charge on any atom is 0.246 e. The summed E-state index contributed by atoms with van der Waals surface area (Å²) < 4.78 is 1.64. The summed E-state index contributed by atoms with van der Waals surface area (Å²) in [5.41, 5.74) is 6.43. The SMILES string of the molecule is Cc1cc(N)nn1C(C)C(=O)N(C)C. The molecule has 1 rings (SSSR count). The van der Waals surface area contributed by atoms with E-state index in [9.17, 15) is 4.79 Å². The lowest BCUT2D eigenvalue weighted by atomic mass is 10.3. The van der Waals surface area contributed by atoms with Crippen LogP contribution in [0, 0.1) is 6.92 Å². The van der Waals surface area contributed by atoms with E-state index in [0.29, 0.717) is 5.82 Å². The summed E-state index contributed by atoms with van der Waals surface area (Å²) in [5.74, 6) is 0.456. The lowest BCUT2D eigenvalue weighted by Gasteiger charge is -2.18. The molecule has 1 atom stereocenters. The number of hydrogen-bond donors (Lipinski definition) is 1. The summed E-state index contributed by atoms with van der Waals surface area (Å²) in [7, 11) is 3.45. The first-order chi connectivity index (χ1) is 6.43. The Kier molecular flexibility index (Phi) is 2.78. The molecule has 2 N–H and O–H groups in total. The van der Waals surface area contributed by atoms with E-state index in [1.165, 1.54) is 0 Å². The van der Waals surface area contributed by atoms with Crippen molar-refractivity contribution >= 4 is 11.7 Å². The number of carbonyl (C=O) groups excluding carboxylic acids is 1. The molecule has 0 aliphatic carbocycles. The molecule has 1 aromatic heterocycles. The highest BCUT2D eigenvalue weighted by Gasteiger charge is 2.19. The van der Waals surface area contributed by atoms with E-state index in [1.807, 2.05) is 13.8 Å². The van der Waals surface area contributed by atoms with Gasteiger partial charge in [0.1, 0.15) is 11.9 Å². The van der Waals surface area contributed by atoms with Crippen molar-refractivity contribution in [2.24, 2.45) is 0 Å². The van der Waals surface area contributed by atoms with Crippen LogP contribution in [0.3, 0.4) is 0 Å². The smallest absolute Gasteiger partial charge is 0.246 e. The van der Waals surface area contributed by atoms with Crippen LogP contribution in [0.25, 0.3) is 0 Å². The zero-order valence-electron chi connectivity index (χ0n) is 8.98. The van der Waals surface area contributed by atoms with E-state index in [1.54, 1.807) is 29.7 Å². The van der Waals surface area contributed by atoms with Crippen LogP contribution in [0.2, 0.25) is 0 Å². The largest absolute Gasteiger partial charge is 0.382 e. The molecule has 0 saturated heterocycles. The fourth-order valence-corrected chi connectivity index (χ4v) is 1.38. The van der Waals surface area contributed by atoms with Crippen molar-refractivity contribution in [3.05, 3.63) is 11.8 Å². The van der Waals surface area contributed by atoms with Crippen molar-refractivity contribution in [3.63, 3.8) is 0 Å². The molecule has 0 saturated carbocycles. The molecule has 0 aliphatic rings. The standard InChI is InChI=1S/C9H16N4O/c1-6-5-8(10)11-13(6)7(2)9(14)12(3)4/h5,7H,1-4H3,(H2,10,11). The first kappa shape index (κ1) is 10.6. The number of aromatic nitrogens is 2. The molecule has 0 bridgehead atoms. The predicted molar refractivity (Wildman–Crippen MR) is 54.8 cm³/mol. The van der Waals surface area contributed by atoms with Crippen LogP contribution in [0.4, 0.5) is 5.82 Å². The molecule has 0 aliphatic heterocycles. The van der Waals surface area contributed by atoms with Crippen LogP contribution in [0.5, 0.6) is 0 Å². The quantitative estimate of drug-likeness (QED) is 0.745. The highest BCUT2D eigenvalue weighted by atomic mass is 16.2. The van der Waals surface area contributed by atoms with Gasteiger partial charge in [0.15, 0.2) is 0 Å². The molecule has 1 unspecified atom stereocenters. The lowest BCUT2D eigenvalue weighted by molar-refractivity contribution is -0.132. The van der Waals surface area contributed by atoms with Gasteiger partial charge in [-0.1, -0.05) is 0 Å². The third-order valence-electron chi connectivity index (χ3n) is 2.11. The monoisotopic (exact) mass is 196 g/mol. The predicted octanol–water partition coefficient (Wildman–Crippen LogP) is 0.423. The summed E-state index contributed by atoms with van der Waals surface area (Å²) in [4.78, 5) is 13.2. The summed E-state index contributed by atoms with van der Waals surface area (Å²) in [6.07, 6.45) is 0. The number of nitrogens with zero attached hydrogens (tertiary/aromatic N) is 3. The number of rotatable bonds is 2. The molecule has 1 amide bonds. The van der Waals surface area contributed by atoms with Gasteiger partial charge in [-0.25, -0.2) is 0 Å². The van der Waals surface area contributed by atoms with Gasteiger partial charge in [-0.15, -0.1) is 0 Å². The Morgan fingerprint density at radius 1 is 1.64 bits per heavy atom. The van der Waals surface area contributed by atoms with E-state index < -0.39 is 0 Å². The van der Waals surface area contributed by atoms with Gasteiger partial charge in [-0.2, -0.15) is 5.10 Å². The second kappa shape index (κ2) is 3.69. The lowest BCUT2D eigenvalue weighted by Crippen LogP contribution is -2.30. The number of nitrogens with two attached hydrogens (primary N) is 1. The minimum Gasteiger partial charge on any atom is -0.382 e. The fraction of sp³-hybridized carbons (Fsp3) is 0.556. The highest BCUT2D eigenvalue weighted by molar-refractivity contribution is 5.79. The first-order valence-electron chi connectivity index (χ1n) is 4.46. The maximum absolute atomic E-state index is 11.6. The summed E-state index contributed by atoms with van der Waals surface area (Å²) in [6, 6.07) is 1.45. The Morgan fingerprint density at radius 2 is 2.21 bits per heavy atom. The number of hydrogen-bond acceptors (Lipinski definition) is 3. The number of amides is 1. The fourth-order valence-electron chi connectivity index (χ4n) is 1.38. The van der Waals surface area contributed by atoms with Crippen LogP contribution in [0.15, 0.2) is 6.07 Å². The molecule has 5 heteroatoms. The van der Waals surface area contributed by atoms with Crippen LogP contribution >= 0.6 is 0 Å². The van der Waals surface area contributed by atoms with Crippen LogP contribution in [0.1, 0.15) is 18.7 Å². The molecular weight excluding hydrogens is 180 g/mol. The van der Waals surface area contributed by atoms with E-state index in [2.05, 4.69) is 5.10 Å². The van der Waals surface area contributed by atoms with Crippen molar-refractivity contribution in [2.75, 3.05) is 19.8 Å². The molecule has 0 spiro atoms. The molecular formula is C9H16N4O. The normalized spacial score (nSPS) is 12.6. The van der Waals surface area contributed by atoms with Gasteiger partial charge < -0.3 is 10.6 Å². The second-order valence-electron chi connectivity index (χ2n) is 3.56. The van der Waals surface area contributed by atoms with Crippen LogP contribution < -0.4 is 5.73 Å². The van der Waals surface area contributed by atoms with Crippen molar-refractivity contribution < 1.29 is 4.79 Å². The molecule has 1 heterocycles. The molecule has 1 aromatic rings. The Hall–Kier alpha value is -1.52. The molecule has 14 heavy (non-hydrogen) atoms. The topological polar surface area (TPSA) is 64.1 Å². The van der Waals surface area contributed by atoms with Gasteiger partial charge in [0, 0.05) is 25.9 Å². The number of nitrogen functional groups attached to an aromatic ring is 1. The van der Waals surface area contributed by atoms with Gasteiger partial charge in [0.2, 0.25) is 5.91 Å². The molecule has 5 nitrogen and oxygen atoms in total. The average Bonchev–Trinajstić information content (AvgIpc) is 2.42. The first-order valence-corrected chi connectivity index (χ1v) is 4.46. The number of aryl methyl sites for hydroxylation is 1. The zero-order valence-corrected chi connectivity index (χ0v) is 8.98. The molecule has 0 radical (unpaired) electrons. The van der Waals surface area contributed by atoms with Gasteiger partial charge in [0.05, 0.1) is 0 Å². The zero-order chi connectivity index (χ0) is 10.9. The van der Waals surface area contributed by atoms with Gasteiger partial charge in [0.25, 0.3) is 0 Å². The van der Waals surface area contributed by atoms with E-state index in [4.69, 9.17) is 5.73 Å². The Morgan fingerprint density at radius 3 is 2.57 bits per heavy atom. The molecule has 0 fully saturated rings. The summed E-state index contributed by atoms with van der Waals surface area (Å²) in [6.45, 7) is 3.69. The van der Waals surface area contributed by atoms with Crippen LogP contribution in [-0.2, 0) is 4.79 Å². The third kappa shape index (κ3) is 1.86. The van der Waals surface area contributed by atoms with Crippen molar-refractivity contribution in [3.8, 4) is 0 Å². The van der Waals surface area contributed by atoms with E-state index >= 15 is 0 Å². The Labute approximate surface area is 83.5 Å². The second-order valence-corrected chi connectivity index (χ2v) is 3.56. The Bertz CT molecular complexity index is 343. The van der Waals surface area contributed by atoms with Gasteiger partial charge in [-0.3, -0.25) is 9.48 Å². The third-order valence-corrected chi connectivity index (χ3v) is 2.11. The number of carbonyl (C=O) groups is 1. The van der Waals surface area contributed by atoms with E-state index in [-0.39, 0.29) is 11.9 Å². The van der Waals surface area contributed by atoms with Gasteiger partial charge >= 0.3 is 0 Å². The number of likely N-dealkylation sites (N-methyl/N-ethyl adjacent to an activating group) is 1. The minimum absolute atomic E-state index is 0.0104. The summed E-state index contributed by atoms with van der Waals surface area (Å²) in [5, 5.41) is 4.06. The number of anilines is 1. The van der Waals surface area contributed by atoms with Crippen molar-refractivity contribution in [2.45, 2.75) is 19.9 Å². The van der Waals surface area contributed by atoms with Crippen LogP contribution in [-0.4, -0.2) is 34.7 Å². The molecule has 78 valence electrons. The average molecular weight is 196 g/mol. The highest BCUT2D eigenvalue weighted by Crippen LogP contribution is 2.13. The van der Waals surface area contributed by atoms with Crippen molar-refractivity contribution in [1.29, 1.82) is 0 Å². The van der Waals surface area contributed by atoms with Gasteiger partial charge in [-0.05, 0) is 13.8 Å².